The molecule has 0 saturated heterocycles. The average molecular weight is 519 g/mol. The number of aromatic nitrogens is 2. The summed E-state index contributed by atoms with van der Waals surface area (Å²) >= 11 is 1.19. The van der Waals surface area contributed by atoms with Gasteiger partial charge in [0.15, 0.2) is 0 Å². The molecule has 2 heterocycles. The van der Waals surface area contributed by atoms with Crippen LogP contribution in [0.1, 0.15) is 0 Å². The number of nitrogens with zero attached hydrogens (tertiary/aromatic N) is 2. The van der Waals surface area contributed by atoms with Gasteiger partial charge in [-0.25, -0.2) is 0 Å². The first-order valence-corrected chi connectivity index (χ1v) is 9.17. The zero-order valence-electron chi connectivity index (χ0n) is 12.2. The fraction of sp³-hybridized carbons (Fsp3) is 0. The van der Waals surface area contributed by atoms with E-state index < -0.39 is 0 Å². The van der Waals surface area contributed by atoms with E-state index in [1.807, 2.05) is 24.3 Å². The topological polar surface area (TPSA) is 129 Å². The first kappa shape index (κ1) is 23.9. The molecule has 0 fully saturated rings. The third-order valence-corrected chi connectivity index (χ3v) is 2.71. The second-order valence-corrected chi connectivity index (χ2v) is 3.63. The van der Waals surface area contributed by atoms with E-state index >= 15 is 0 Å². The Bertz CT molecular complexity index is 696. The second kappa shape index (κ2) is 14.2. The van der Waals surface area contributed by atoms with Crippen LogP contribution in [0.5, 0.6) is 0 Å². The molecule has 3 aromatic rings. The van der Waals surface area contributed by atoms with Crippen molar-refractivity contribution in [3.63, 3.8) is 0 Å². The summed E-state index contributed by atoms with van der Waals surface area (Å²) in [6.45, 7) is 9.75. The molecular weight excluding hydrogens is 506 g/mol. The molecule has 0 atom stereocenters. The third kappa shape index (κ3) is 5.35. The normalized spacial score (nSPS) is 8.08. The van der Waals surface area contributed by atoms with Gasteiger partial charge in [-0.3, -0.25) is 30.3 Å². The molecule has 7 nitrogen and oxygen atoms in total. The van der Waals surface area contributed by atoms with Gasteiger partial charge in [0, 0.05) is 23.2 Å². The first-order chi connectivity index (χ1) is 11.8. The minimum atomic E-state index is 0.573. The van der Waals surface area contributed by atoms with Gasteiger partial charge < -0.3 is 25.9 Å². The Morgan fingerprint density at radius 3 is 1.33 bits per heavy atom. The molecular formula is C15H13ClN4O3Re-3. The molecule has 0 amide bonds. The molecule has 0 unspecified atom stereocenters. The van der Waals surface area contributed by atoms with E-state index in [1.54, 1.807) is 12.4 Å². The van der Waals surface area contributed by atoms with Crippen LogP contribution in [0, 0.1) is 0 Å². The molecule has 3 rings (SSSR count). The minimum absolute atomic E-state index is 0.573. The van der Waals surface area contributed by atoms with Crippen molar-refractivity contribution in [1.82, 2.24) is 9.97 Å². The van der Waals surface area contributed by atoms with E-state index in [0.717, 1.165) is 21.8 Å². The van der Waals surface area contributed by atoms with Gasteiger partial charge in [0.1, 0.15) is 0 Å². The number of hydrogen-bond acceptors (Lipinski definition) is 7. The van der Waals surface area contributed by atoms with Crippen LogP contribution in [0.25, 0.3) is 21.8 Å². The van der Waals surface area contributed by atoms with Crippen LogP contribution in [0.3, 0.4) is 0 Å². The van der Waals surface area contributed by atoms with E-state index in [-0.39, 0.29) is 0 Å². The Labute approximate surface area is 153 Å². The summed E-state index contributed by atoms with van der Waals surface area (Å²) in [5.74, 6) is 0. The fourth-order valence-corrected chi connectivity index (χ4v) is 1.91. The molecule has 4 N–H and O–H groups in total. The van der Waals surface area contributed by atoms with Crippen LogP contribution >= 0.6 is 9.53 Å². The van der Waals surface area contributed by atoms with Crippen LogP contribution in [-0.2, 0) is 32.6 Å². The summed E-state index contributed by atoms with van der Waals surface area (Å²) in [6.07, 6.45) is 3.46. The molecule has 0 aliphatic rings. The molecule has 0 radical (unpaired) electrons. The van der Waals surface area contributed by atoms with Crippen molar-refractivity contribution >= 4 is 63.1 Å². The van der Waals surface area contributed by atoms with E-state index in [0.29, 0.717) is 11.4 Å². The molecule has 24 heavy (non-hydrogen) atoms. The molecule has 1 aromatic carbocycles. The average Bonchev–Trinajstić information content (AvgIpc) is 2.72. The summed E-state index contributed by atoms with van der Waals surface area (Å²) in [4.78, 5) is 31.9. The van der Waals surface area contributed by atoms with Gasteiger partial charge in [-0.2, -0.15) is 0 Å². The van der Waals surface area contributed by atoms with Crippen molar-refractivity contribution in [3.8, 4) is 0 Å². The number of nitrogens with two attached hydrogens (primary N) is 2. The number of rotatable bonds is 0. The van der Waals surface area contributed by atoms with Crippen molar-refractivity contribution in [2.45, 2.75) is 0 Å². The summed E-state index contributed by atoms with van der Waals surface area (Å²) in [5.41, 5.74) is 14.7. The van der Waals surface area contributed by atoms with Crippen LogP contribution in [0.4, 0.5) is 11.4 Å². The Balaban J connectivity index is 0. The van der Waals surface area contributed by atoms with E-state index in [9.17, 15) is 0 Å². The molecule has 9 heteroatoms. The van der Waals surface area contributed by atoms with Gasteiger partial charge in [-0.1, -0.05) is 0 Å². The van der Waals surface area contributed by atoms with E-state index in [4.69, 9.17) is 35.4 Å². The number of nitrogen functional groups attached to an aromatic ring is 2. The zero-order valence-corrected chi connectivity index (χ0v) is 15.7. The van der Waals surface area contributed by atoms with Crippen molar-refractivity contribution in [2.24, 2.45) is 0 Å². The molecule has 0 spiro atoms. The van der Waals surface area contributed by atoms with Crippen LogP contribution in [0.2, 0.25) is 0 Å². The SMILES string of the molecule is Nc1c(N)c2cccnc2c2ncccc12.[CH-]=O.[CH-]=O.[CH-]=O.[Cl][Re]. The van der Waals surface area contributed by atoms with Crippen molar-refractivity contribution in [3.05, 3.63) is 36.7 Å². The van der Waals surface area contributed by atoms with Crippen LogP contribution in [-0.4, -0.2) is 30.3 Å². The molecule has 0 bridgehead atoms. The van der Waals surface area contributed by atoms with Crippen LogP contribution < -0.4 is 11.5 Å². The zero-order chi connectivity index (χ0) is 19.1. The predicted molar refractivity (Wildman–Crippen MR) is 92.0 cm³/mol. The molecule has 0 saturated carbocycles. The van der Waals surface area contributed by atoms with Gasteiger partial charge in [0.25, 0.3) is 0 Å². The van der Waals surface area contributed by atoms with Crippen molar-refractivity contribution in [2.75, 3.05) is 11.5 Å². The van der Waals surface area contributed by atoms with Gasteiger partial charge >= 0.3 is 27.7 Å². The number of hydrogen-bond donors (Lipinski definition) is 2. The number of anilines is 2. The van der Waals surface area contributed by atoms with E-state index in [1.165, 1.54) is 18.2 Å². The molecule has 0 aliphatic heterocycles. The van der Waals surface area contributed by atoms with E-state index in [2.05, 4.69) is 30.3 Å². The van der Waals surface area contributed by atoms with Crippen molar-refractivity contribution in [1.29, 1.82) is 0 Å². The van der Waals surface area contributed by atoms with Gasteiger partial charge in [0.05, 0.1) is 22.4 Å². The Kier molecular flexibility index (Phi) is 14.1. The fourth-order valence-electron chi connectivity index (χ4n) is 1.91. The monoisotopic (exact) mass is 519 g/mol. The number of fused-ring (bicyclic) bond motifs is 3. The quantitative estimate of drug-likeness (QED) is 0.153. The Morgan fingerprint density at radius 2 is 1.04 bits per heavy atom. The standard InChI is InChI=1S/C12H10N4.3CHO.ClH.Re/c13-9-7-3-1-5-15-11(7)12-8(10(9)14)4-2-6-16-12;3*1-2;;/h1-6H,13-14H2;3*1H;1H;/q;3*-1;;+1/p-1. The summed E-state index contributed by atoms with van der Waals surface area (Å²) < 4.78 is 0. The summed E-state index contributed by atoms with van der Waals surface area (Å²) in [6, 6.07) is 7.49. The summed E-state index contributed by atoms with van der Waals surface area (Å²) in [5, 5.41) is 1.71. The van der Waals surface area contributed by atoms with Gasteiger partial charge in [-0.05, 0) is 24.3 Å². The predicted octanol–water partition coefficient (Wildman–Crippen LogP) is 1.81. The first-order valence-electron chi connectivity index (χ1n) is 5.80. The third-order valence-electron chi connectivity index (χ3n) is 2.71. The van der Waals surface area contributed by atoms with Crippen molar-refractivity contribution < 1.29 is 32.6 Å². The molecule has 128 valence electrons. The maximum atomic E-state index is 7.75. The number of pyridine rings is 2. The number of carbonyl (C=O) groups excluding carboxylic acids is 3. The number of benzene rings is 1. The molecule has 2 aromatic heterocycles. The van der Waals surface area contributed by atoms with Gasteiger partial charge in [0.2, 0.25) is 0 Å². The molecule has 0 aliphatic carbocycles. The Morgan fingerprint density at radius 1 is 0.750 bits per heavy atom. The number of halogens is 1. The second-order valence-electron chi connectivity index (χ2n) is 3.63. The Hall–Kier alpha value is -2.40. The maximum absolute atomic E-state index is 7.75. The van der Waals surface area contributed by atoms with Gasteiger partial charge in [-0.15, -0.1) is 0 Å². The summed E-state index contributed by atoms with van der Waals surface area (Å²) in [7, 11) is 4.69. The van der Waals surface area contributed by atoms with Crippen LogP contribution in [0.15, 0.2) is 36.7 Å².